The Bertz CT molecular complexity index is 1070. The summed E-state index contributed by atoms with van der Waals surface area (Å²) in [6.07, 6.45) is 4.77. The quantitative estimate of drug-likeness (QED) is 0.611. The summed E-state index contributed by atoms with van der Waals surface area (Å²) in [4.78, 5) is 39.1. The van der Waals surface area contributed by atoms with Gasteiger partial charge in [-0.1, -0.05) is 67.8 Å². The van der Waals surface area contributed by atoms with Crippen LogP contribution in [0.25, 0.3) is 11.1 Å². The fraction of sp³-hybridized carbons (Fsp3) is 0.464. The number of hydrogen-bond acceptors (Lipinski definition) is 4. The van der Waals surface area contributed by atoms with E-state index in [1.165, 1.54) is 12.8 Å². The van der Waals surface area contributed by atoms with Gasteiger partial charge in [0, 0.05) is 24.9 Å². The van der Waals surface area contributed by atoms with Crippen LogP contribution in [0.15, 0.2) is 48.5 Å². The standard InChI is InChI=1S/C28H32N2O5/c31-26(32)15-14-24(27(33)30-16-18-8-2-1-3-13-25(18)30)29-28(34)35-17-23-21-11-6-4-9-19(21)20-10-5-7-12-22(20)23/h4-7,9-12,18,23-25H,1-3,8,13-17H2,(H,29,34)(H,31,32). The van der Waals surface area contributed by atoms with Gasteiger partial charge in [-0.3, -0.25) is 9.59 Å². The number of rotatable bonds is 7. The van der Waals surface area contributed by atoms with Crippen LogP contribution in [-0.2, 0) is 14.3 Å². The monoisotopic (exact) mass is 476 g/mol. The molecule has 2 aromatic carbocycles. The molecule has 2 aromatic rings. The minimum absolute atomic E-state index is 0.0479. The number of benzene rings is 2. The fourth-order valence-electron chi connectivity index (χ4n) is 6.00. The lowest BCUT2D eigenvalue weighted by Gasteiger charge is -2.49. The molecule has 2 fully saturated rings. The molecule has 5 rings (SSSR count). The zero-order chi connectivity index (χ0) is 24.4. The van der Waals surface area contributed by atoms with Gasteiger partial charge in [-0.2, -0.15) is 0 Å². The third-order valence-electron chi connectivity index (χ3n) is 7.81. The van der Waals surface area contributed by atoms with Crippen LogP contribution in [0.5, 0.6) is 0 Å². The van der Waals surface area contributed by atoms with Gasteiger partial charge < -0.3 is 20.1 Å². The summed E-state index contributed by atoms with van der Waals surface area (Å²) >= 11 is 0. The van der Waals surface area contributed by atoms with E-state index in [1.54, 1.807) is 0 Å². The maximum atomic E-state index is 13.3. The fourth-order valence-corrected chi connectivity index (χ4v) is 6.00. The van der Waals surface area contributed by atoms with Gasteiger partial charge in [0.05, 0.1) is 0 Å². The van der Waals surface area contributed by atoms with E-state index in [9.17, 15) is 19.5 Å². The summed E-state index contributed by atoms with van der Waals surface area (Å²) < 4.78 is 5.62. The minimum Gasteiger partial charge on any atom is -0.481 e. The van der Waals surface area contributed by atoms with Crippen LogP contribution < -0.4 is 5.32 Å². The summed E-state index contributed by atoms with van der Waals surface area (Å²) in [5.74, 6) is -0.740. The summed E-state index contributed by atoms with van der Waals surface area (Å²) in [7, 11) is 0. The van der Waals surface area contributed by atoms with Gasteiger partial charge in [-0.05, 0) is 47.4 Å². The van der Waals surface area contributed by atoms with Crippen LogP contribution in [0, 0.1) is 5.92 Å². The van der Waals surface area contributed by atoms with Crippen LogP contribution in [-0.4, -0.2) is 53.2 Å². The molecule has 1 heterocycles. The second-order valence-corrected chi connectivity index (χ2v) is 9.91. The van der Waals surface area contributed by atoms with E-state index in [1.807, 2.05) is 41.3 Å². The molecule has 1 aliphatic heterocycles. The summed E-state index contributed by atoms with van der Waals surface area (Å²) in [5, 5.41) is 11.9. The van der Waals surface area contributed by atoms with Crippen molar-refractivity contribution in [3.63, 3.8) is 0 Å². The number of carboxylic acids is 1. The lowest BCUT2D eigenvalue weighted by molar-refractivity contribution is -0.147. The lowest BCUT2D eigenvalue weighted by atomic mass is 9.84. The number of amides is 2. The number of nitrogens with one attached hydrogen (secondary N) is 1. The number of carboxylic acid groups (broad SMARTS) is 1. The Balaban J connectivity index is 1.24. The molecule has 1 saturated heterocycles. The molecule has 3 aliphatic rings. The van der Waals surface area contributed by atoms with Crippen molar-refractivity contribution in [2.45, 2.75) is 62.9 Å². The third kappa shape index (κ3) is 4.77. The molecular formula is C28H32N2O5. The summed E-state index contributed by atoms with van der Waals surface area (Å²) in [5.41, 5.74) is 4.50. The van der Waals surface area contributed by atoms with Crippen molar-refractivity contribution in [2.75, 3.05) is 13.2 Å². The first kappa shape index (κ1) is 23.4. The normalized spacial score (nSPS) is 21.5. The molecule has 184 valence electrons. The van der Waals surface area contributed by atoms with E-state index in [-0.39, 0.29) is 37.3 Å². The van der Waals surface area contributed by atoms with E-state index < -0.39 is 18.1 Å². The van der Waals surface area contributed by atoms with Gasteiger partial charge in [0.1, 0.15) is 12.6 Å². The number of carbonyl (C=O) groups excluding carboxylic acids is 2. The SMILES string of the molecule is O=C(O)CCC(NC(=O)OCC1c2ccccc2-c2ccccc21)C(=O)N1CC2CCCCCC21. The highest BCUT2D eigenvalue weighted by molar-refractivity contribution is 5.87. The van der Waals surface area contributed by atoms with Crippen LogP contribution in [0.3, 0.4) is 0 Å². The van der Waals surface area contributed by atoms with Gasteiger partial charge in [0.2, 0.25) is 5.91 Å². The number of aliphatic carboxylic acids is 1. The third-order valence-corrected chi connectivity index (χ3v) is 7.81. The number of ether oxygens (including phenoxy) is 1. The zero-order valence-corrected chi connectivity index (χ0v) is 19.8. The van der Waals surface area contributed by atoms with Crippen molar-refractivity contribution in [3.05, 3.63) is 59.7 Å². The van der Waals surface area contributed by atoms with Gasteiger partial charge in [0.25, 0.3) is 0 Å². The van der Waals surface area contributed by atoms with Crippen LogP contribution in [0.4, 0.5) is 4.79 Å². The molecule has 35 heavy (non-hydrogen) atoms. The number of likely N-dealkylation sites (tertiary alicyclic amines) is 1. The molecule has 7 heteroatoms. The van der Waals surface area contributed by atoms with E-state index in [0.29, 0.717) is 12.5 Å². The summed E-state index contributed by atoms with van der Waals surface area (Å²) in [6.45, 7) is 0.841. The van der Waals surface area contributed by atoms with Crippen molar-refractivity contribution >= 4 is 18.0 Å². The second-order valence-electron chi connectivity index (χ2n) is 9.91. The van der Waals surface area contributed by atoms with Gasteiger partial charge in [0.15, 0.2) is 0 Å². The van der Waals surface area contributed by atoms with E-state index in [2.05, 4.69) is 17.4 Å². The molecule has 2 aliphatic carbocycles. The Morgan fingerprint density at radius 3 is 2.31 bits per heavy atom. The Hall–Kier alpha value is -3.35. The van der Waals surface area contributed by atoms with Gasteiger partial charge in [-0.25, -0.2) is 4.79 Å². The largest absolute Gasteiger partial charge is 0.481 e. The van der Waals surface area contributed by atoms with Crippen LogP contribution in [0.1, 0.15) is 62.0 Å². The van der Waals surface area contributed by atoms with Gasteiger partial charge in [-0.15, -0.1) is 0 Å². The lowest BCUT2D eigenvalue weighted by Crippen LogP contribution is -2.62. The van der Waals surface area contributed by atoms with Crippen molar-refractivity contribution in [1.29, 1.82) is 0 Å². The minimum atomic E-state index is -0.993. The van der Waals surface area contributed by atoms with Crippen molar-refractivity contribution in [2.24, 2.45) is 5.92 Å². The number of nitrogens with zero attached hydrogens (tertiary/aromatic N) is 1. The van der Waals surface area contributed by atoms with E-state index in [0.717, 1.165) is 41.5 Å². The molecular weight excluding hydrogens is 444 g/mol. The molecule has 0 radical (unpaired) electrons. The molecule has 3 atom stereocenters. The first-order valence-electron chi connectivity index (χ1n) is 12.7. The predicted octanol–water partition coefficient (Wildman–Crippen LogP) is 4.55. The number of carbonyl (C=O) groups is 3. The predicted molar refractivity (Wildman–Crippen MR) is 131 cm³/mol. The van der Waals surface area contributed by atoms with Crippen molar-refractivity contribution < 1.29 is 24.2 Å². The molecule has 2 N–H and O–H groups in total. The molecule has 0 aromatic heterocycles. The van der Waals surface area contributed by atoms with E-state index >= 15 is 0 Å². The van der Waals surface area contributed by atoms with Crippen LogP contribution >= 0.6 is 0 Å². The first-order valence-corrected chi connectivity index (χ1v) is 12.7. The first-order chi connectivity index (χ1) is 17.0. The molecule has 7 nitrogen and oxygen atoms in total. The zero-order valence-electron chi connectivity index (χ0n) is 19.8. The van der Waals surface area contributed by atoms with Crippen molar-refractivity contribution in [1.82, 2.24) is 10.2 Å². The van der Waals surface area contributed by atoms with E-state index in [4.69, 9.17) is 4.74 Å². The average Bonchev–Trinajstić information content (AvgIpc) is 3.05. The molecule has 0 bridgehead atoms. The molecule has 1 saturated carbocycles. The Morgan fingerprint density at radius 1 is 0.971 bits per heavy atom. The highest BCUT2D eigenvalue weighted by atomic mass is 16.5. The highest BCUT2D eigenvalue weighted by Crippen LogP contribution is 2.44. The maximum Gasteiger partial charge on any atom is 0.407 e. The second kappa shape index (κ2) is 10.1. The van der Waals surface area contributed by atoms with Crippen LogP contribution in [0.2, 0.25) is 0 Å². The van der Waals surface area contributed by atoms with Crippen molar-refractivity contribution in [3.8, 4) is 11.1 Å². The number of fused-ring (bicyclic) bond motifs is 4. The number of alkyl carbamates (subject to hydrolysis) is 1. The Labute approximate surface area is 205 Å². The highest BCUT2D eigenvalue weighted by Gasteiger charge is 2.44. The molecule has 0 spiro atoms. The smallest absolute Gasteiger partial charge is 0.407 e. The van der Waals surface area contributed by atoms with Gasteiger partial charge >= 0.3 is 12.1 Å². The Morgan fingerprint density at radius 2 is 1.63 bits per heavy atom. The average molecular weight is 477 g/mol. The number of hydrogen-bond donors (Lipinski definition) is 2. The topological polar surface area (TPSA) is 95.9 Å². The Kier molecular flexibility index (Phi) is 6.75. The maximum absolute atomic E-state index is 13.3. The molecule has 2 amide bonds. The summed E-state index contributed by atoms with van der Waals surface area (Å²) in [6, 6.07) is 15.5. The molecule has 3 unspecified atom stereocenters.